The van der Waals surface area contributed by atoms with Crippen molar-refractivity contribution in [3.05, 3.63) is 120 Å². The lowest BCUT2D eigenvalue weighted by Crippen LogP contribution is -1.89. The maximum Gasteiger partial charge on any atom is 0.0384 e. The fourth-order valence-electron chi connectivity index (χ4n) is 2.82. The van der Waals surface area contributed by atoms with Crippen LogP contribution in [0.1, 0.15) is 16.7 Å². The van der Waals surface area contributed by atoms with E-state index in [4.69, 9.17) is 0 Å². The summed E-state index contributed by atoms with van der Waals surface area (Å²) in [5.41, 5.74) is 8.69. The summed E-state index contributed by atoms with van der Waals surface area (Å²) in [5, 5.41) is 3.36. The van der Waals surface area contributed by atoms with E-state index in [1.54, 1.807) is 0 Å². The van der Waals surface area contributed by atoms with Crippen LogP contribution >= 0.6 is 0 Å². The summed E-state index contributed by atoms with van der Waals surface area (Å²) in [6.45, 7) is 6.29. The van der Waals surface area contributed by atoms with E-state index in [1.165, 1.54) is 27.8 Å². The summed E-state index contributed by atoms with van der Waals surface area (Å²) in [7, 11) is 0. The molecule has 1 N–H and O–H groups in total. The van der Waals surface area contributed by atoms with E-state index in [1.807, 2.05) is 6.07 Å². The smallest absolute Gasteiger partial charge is 0.0384 e. The zero-order valence-electron chi connectivity index (χ0n) is 16.8. The zero-order valence-corrected chi connectivity index (χ0v) is 16.8. The molecular formula is C27H27N. The Labute approximate surface area is 168 Å². The number of anilines is 2. The first-order valence-corrected chi connectivity index (χ1v) is 9.62. The van der Waals surface area contributed by atoms with Crippen LogP contribution in [0, 0.1) is 20.8 Å². The highest BCUT2D eigenvalue weighted by Gasteiger charge is 1.94. The minimum atomic E-state index is 1.13. The third-order valence-corrected chi connectivity index (χ3v) is 4.55. The highest BCUT2D eigenvalue weighted by molar-refractivity contribution is 5.63. The van der Waals surface area contributed by atoms with Crippen LogP contribution in [0.4, 0.5) is 11.4 Å². The maximum atomic E-state index is 3.36. The average molecular weight is 366 g/mol. The molecule has 0 fully saturated rings. The van der Waals surface area contributed by atoms with Crippen LogP contribution in [0.2, 0.25) is 0 Å². The summed E-state index contributed by atoms with van der Waals surface area (Å²) >= 11 is 0. The van der Waals surface area contributed by atoms with E-state index in [0.29, 0.717) is 0 Å². The predicted octanol–water partition coefficient (Wildman–Crippen LogP) is 7.71. The molecule has 0 spiro atoms. The molecule has 4 rings (SSSR count). The van der Waals surface area contributed by atoms with E-state index < -0.39 is 0 Å². The summed E-state index contributed by atoms with van der Waals surface area (Å²) in [6, 6.07) is 35.8. The van der Waals surface area contributed by atoms with Crippen LogP contribution in [0.15, 0.2) is 103 Å². The predicted molar refractivity (Wildman–Crippen MR) is 122 cm³/mol. The normalized spacial score (nSPS) is 9.96. The monoisotopic (exact) mass is 365 g/mol. The molecule has 140 valence electrons. The third-order valence-electron chi connectivity index (χ3n) is 4.55. The van der Waals surface area contributed by atoms with Gasteiger partial charge in [0.2, 0.25) is 0 Å². The van der Waals surface area contributed by atoms with Gasteiger partial charge in [-0.3, -0.25) is 0 Å². The summed E-state index contributed by atoms with van der Waals surface area (Å²) in [4.78, 5) is 0. The molecule has 4 aromatic carbocycles. The van der Waals surface area contributed by atoms with Crippen LogP contribution in [0.3, 0.4) is 0 Å². The number of aryl methyl sites for hydroxylation is 3. The molecule has 0 aliphatic carbocycles. The molecule has 0 aliphatic rings. The van der Waals surface area contributed by atoms with E-state index in [2.05, 4.69) is 123 Å². The largest absolute Gasteiger partial charge is 0.356 e. The number of benzene rings is 4. The van der Waals surface area contributed by atoms with Gasteiger partial charge in [0.25, 0.3) is 0 Å². The van der Waals surface area contributed by atoms with Gasteiger partial charge in [0.1, 0.15) is 0 Å². The van der Waals surface area contributed by atoms with Crippen molar-refractivity contribution >= 4 is 11.4 Å². The van der Waals surface area contributed by atoms with Gasteiger partial charge in [-0.05, 0) is 56.2 Å². The number of hydrogen-bond acceptors (Lipinski definition) is 1. The van der Waals surface area contributed by atoms with E-state index in [-0.39, 0.29) is 0 Å². The molecule has 0 atom stereocenters. The second kappa shape index (κ2) is 9.57. The third kappa shape index (κ3) is 5.85. The van der Waals surface area contributed by atoms with Crippen molar-refractivity contribution in [1.29, 1.82) is 0 Å². The quantitative estimate of drug-likeness (QED) is 0.392. The van der Waals surface area contributed by atoms with Gasteiger partial charge in [0.05, 0.1) is 0 Å². The standard InChI is InChI=1S/C14H15N.C13H12/c1-11-3-7-13(8-4-11)15-14-9-5-12(2)6-10-14;1-11-7-9-13(10-8-11)12-5-3-2-4-6-12/h3-10,15H,1-2H3;2-10H,1H3. The lowest BCUT2D eigenvalue weighted by atomic mass is 10.0. The number of rotatable bonds is 3. The van der Waals surface area contributed by atoms with Gasteiger partial charge in [-0.25, -0.2) is 0 Å². The van der Waals surface area contributed by atoms with Gasteiger partial charge >= 0.3 is 0 Å². The lowest BCUT2D eigenvalue weighted by molar-refractivity contribution is 1.43. The molecule has 0 unspecified atom stereocenters. The molecule has 1 nitrogen and oxygen atoms in total. The molecule has 0 saturated carbocycles. The maximum absolute atomic E-state index is 3.36. The van der Waals surface area contributed by atoms with Crippen LogP contribution in [0.5, 0.6) is 0 Å². The van der Waals surface area contributed by atoms with Gasteiger partial charge < -0.3 is 5.32 Å². The summed E-state index contributed by atoms with van der Waals surface area (Å²) < 4.78 is 0. The summed E-state index contributed by atoms with van der Waals surface area (Å²) in [6.07, 6.45) is 0. The SMILES string of the molecule is Cc1ccc(-c2ccccc2)cc1.Cc1ccc(Nc2ccc(C)cc2)cc1. The van der Waals surface area contributed by atoms with Crippen LogP contribution < -0.4 is 5.32 Å². The van der Waals surface area contributed by atoms with E-state index in [0.717, 1.165) is 11.4 Å². The summed E-state index contributed by atoms with van der Waals surface area (Å²) in [5.74, 6) is 0. The molecule has 0 saturated heterocycles. The fourth-order valence-corrected chi connectivity index (χ4v) is 2.82. The molecule has 0 radical (unpaired) electrons. The first-order chi connectivity index (χ1) is 13.6. The van der Waals surface area contributed by atoms with Crippen molar-refractivity contribution in [1.82, 2.24) is 0 Å². The molecule has 0 aromatic heterocycles. The van der Waals surface area contributed by atoms with Gasteiger partial charge in [0.15, 0.2) is 0 Å². The Hall–Kier alpha value is -3.32. The average Bonchev–Trinajstić information content (AvgIpc) is 2.73. The van der Waals surface area contributed by atoms with Gasteiger partial charge in [-0.1, -0.05) is 95.6 Å². The van der Waals surface area contributed by atoms with Crippen molar-refractivity contribution < 1.29 is 0 Å². The minimum Gasteiger partial charge on any atom is -0.356 e. The molecule has 0 aliphatic heterocycles. The molecule has 0 bridgehead atoms. The Bertz CT molecular complexity index is 924. The van der Waals surface area contributed by atoms with Gasteiger partial charge in [0, 0.05) is 11.4 Å². The van der Waals surface area contributed by atoms with Crippen molar-refractivity contribution in [3.8, 4) is 11.1 Å². The lowest BCUT2D eigenvalue weighted by Gasteiger charge is -2.06. The van der Waals surface area contributed by atoms with Crippen LogP contribution in [0.25, 0.3) is 11.1 Å². The minimum absolute atomic E-state index is 1.13. The Morgan fingerprint density at radius 1 is 0.393 bits per heavy atom. The Balaban J connectivity index is 0.000000162. The molecule has 0 amide bonds. The first kappa shape index (κ1) is 19.4. The Kier molecular flexibility index (Phi) is 6.64. The Morgan fingerprint density at radius 2 is 0.750 bits per heavy atom. The highest BCUT2D eigenvalue weighted by atomic mass is 14.9. The highest BCUT2D eigenvalue weighted by Crippen LogP contribution is 2.19. The fraction of sp³-hybridized carbons (Fsp3) is 0.111. The van der Waals surface area contributed by atoms with Crippen molar-refractivity contribution in [3.63, 3.8) is 0 Å². The topological polar surface area (TPSA) is 12.0 Å². The van der Waals surface area contributed by atoms with Crippen molar-refractivity contribution in [2.75, 3.05) is 5.32 Å². The van der Waals surface area contributed by atoms with E-state index in [9.17, 15) is 0 Å². The molecule has 28 heavy (non-hydrogen) atoms. The van der Waals surface area contributed by atoms with Gasteiger partial charge in [-0.2, -0.15) is 0 Å². The molecule has 1 heteroatoms. The second-order valence-electron chi connectivity index (χ2n) is 7.09. The van der Waals surface area contributed by atoms with Crippen LogP contribution in [-0.2, 0) is 0 Å². The number of hydrogen-bond donors (Lipinski definition) is 1. The molecule has 4 aromatic rings. The Morgan fingerprint density at radius 3 is 1.18 bits per heavy atom. The van der Waals surface area contributed by atoms with E-state index >= 15 is 0 Å². The van der Waals surface area contributed by atoms with Crippen molar-refractivity contribution in [2.45, 2.75) is 20.8 Å². The second-order valence-corrected chi connectivity index (χ2v) is 7.09. The molecular weight excluding hydrogens is 338 g/mol. The van der Waals surface area contributed by atoms with Crippen molar-refractivity contribution in [2.24, 2.45) is 0 Å². The van der Waals surface area contributed by atoms with Crippen LogP contribution in [-0.4, -0.2) is 0 Å². The first-order valence-electron chi connectivity index (χ1n) is 9.62. The molecule has 0 heterocycles. The van der Waals surface area contributed by atoms with Gasteiger partial charge in [-0.15, -0.1) is 0 Å². The number of nitrogens with one attached hydrogen (secondary N) is 1. The zero-order chi connectivity index (χ0) is 19.8.